The molecule has 0 amide bonds. The van der Waals surface area contributed by atoms with E-state index < -0.39 is 15.8 Å². The van der Waals surface area contributed by atoms with Crippen molar-refractivity contribution in [1.29, 1.82) is 0 Å². The maximum Gasteiger partial charge on any atom is 0.421 e. The molecule has 0 unspecified atom stereocenters. The summed E-state index contributed by atoms with van der Waals surface area (Å²) in [5.41, 5.74) is 2.37. The van der Waals surface area contributed by atoms with Gasteiger partial charge >= 0.3 is 5.76 Å². The highest BCUT2D eigenvalue weighted by Crippen LogP contribution is 2.23. The highest BCUT2D eigenvalue weighted by molar-refractivity contribution is 7.89. The second-order valence-electron chi connectivity index (χ2n) is 7.94. The zero-order chi connectivity index (χ0) is 21.6. The molecule has 0 N–H and O–H groups in total. The van der Waals surface area contributed by atoms with Crippen LogP contribution in [0.5, 0.6) is 0 Å². The molecule has 0 saturated carbocycles. The van der Waals surface area contributed by atoms with Gasteiger partial charge in [0.1, 0.15) is 0 Å². The van der Waals surface area contributed by atoms with E-state index in [0.717, 1.165) is 21.9 Å². The second kappa shape index (κ2) is 7.64. The van der Waals surface area contributed by atoms with Crippen molar-refractivity contribution in [3.63, 3.8) is 0 Å². The molecule has 8 heteroatoms. The van der Waals surface area contributed by atoms with Crippen molar-refractivity contribution in [3.8, 4) is 0 Å². The van der Waals surface area contributed by atoms with Gasteiger partial charge in [-0.15, -0.1) is 0 Å². The molecular formula is C23H23N3O4S. The Morgan fingerprint density at radius 2 is 1.65 bits per heavy atom. The Kier molecular flexibility index (Phi) is 4.92. The summed E-state index contributed by atoms with van der Waals surface area (Å²) in [4.78, 5) is 14.7. The third-order valence-corrected chi connectivity index (χ3v) is 7.75. The number of aromatic nitrogens is 1. The largest absolute Gasteiger partial charge is 0.421 e. The lowest BCUT2D eigenvalue weighted by atomic mass is 10.1. The van der Waals surface area contributed by atoms with E-state index in [0.29, 0.717) is 43.3 Å². The summed E-state index contributed by atoms with van der Waals surface area (Å²) < 4.78 is 34.8. The standard InChI is InChI=1S/C23H23N3O4S/c1-17-6-9-22-21(14-17)26(23(27)30-22)16-24-10-12-25(13-11-24)31(28,29)20-8-7-18-4-2-3-5-19(18)15-20/h2-9,14-15H,10-13,16H2,1H3. The molecule has 1 aromatic heterocycles. The van der Waals surface area contributed by atoms with E-state index in [-0.39, 0.29) is 0 Å². The number of aryl methyl sites for hydroxylation is 1. The van der Waals surface area contributed by atoms with Gasteiger partial charge in [0.05, 0.1) is 17.1 Å². The highest BCUT2D eigenvalue weighted by atomic mass is 32.2. The van der Waals surface area contributed by atoms with Crippen molar-refractivity contribution in [2.75, 3.05) is 26.2 Å². The van der Waals surface area contributed by atoms with Gasteiger partial charge < -0.3 is 4.42 Å². The molecule has 5 rings (SSSR count). The van der Waals surface area contributed by atoms with Crippen LogP contribution in [0.2, 0.25) is 0 Å². The SMILES string of the molecule is Cc1ccc2oc(=O)n(CN3CCN(S(=O)(=O)c4ccc5ccccc5c4)CC3)c2c1. The zero-order valence-electron chi connectivity index (χ0n) is 17.2. The number of benzene rings is 3. The van der Waals surface area contributed by atoms with E-state index in [9.17, 15) is 13.2 Å². The summed E-state index contributed by atoms with van der Waals surface area (Å²) >= 11 is 0. The van der Waals surface area contributed by atoms with Gasteiger partial charge in [0, 0.05) is 26.2 Å². The van der Waals surface area contributed by atoms with Gasteiger partial charge in [-0.2, -0.15) is 4.31 Å². The van der Waals surface area contributed by atoms with Crippen LogP contribution in [0.4, 0.5) is 0 Å². The van der Waals surface area contributed by atoms with Crippen LogP contribution >= 0.6 is 0 Å². The van der Waals surface area contributed by atoms with Gasteiger partial charge in [-0.25, -0.2) is 13.2 Å². The number of hydrogen-bond acceptors (Lipinski definition) is 5. The number of sulfonamides is 1. The molecule has 0 radical (unpaired) electrons. The second-order valence-corrected chi connectivity index (χ2v) is 9.88. The molecular weight excluding hydrogens is 414 g/mol. The van der Waals surface area contributed by atoms with E-state index in [2.05, 4.69) is 4.90 Å². The maximum absolute atomic E-state index is 13.2. The lowest BCUT2D eigenvalue weighted by Gasteiger charge is -2.33. The molecule has 0 spiro atoms. The average molecular weight is 438 g/mol. The molecule has 31 heavy (non-hydrogen) atoms. The van der Waals surface area contributed by atoms with E-state index in [1.54, 1.807) is 22.8 Å². The smallest absolute Gasteiger partial charge is 0.408 e. The molecule has 2 heterocycles. The number of piperazine rings is 1. The minimum atomic E-state index is -3.57. The fourth-order valence-electron chi connectivity index (χ4n) is 4.09. The fraction of sp³-hybridized carbons (Fsp3) is 0.261. The van der Waals surface area contributed by atoms with E-state index >= 15 is 0 Å². The predicted molar refractivity (Wildman–Crippen MR) is 119 cm³/mol. The molecule has 0 bridgehead atoms. The first-order valence-corrected chi connectivity index (χ1v) is 11.7. The van der Waals surface area contributed by atoms with Gasteiger partial charge in [0.15, 0.2) is 5.58 Å². The van der Waals surface area contributed by atoms with Gasteiger partial charge in [-0.1, -0.05) is 36.4 Å². The Hall–Kier alpha value is -2.94. The van der Waals surface area contributed by atoms with Crippen molar-refractivity contribution in [2.24, 2.45) is 0 Å². The molecule has 1 saturated heterocycles. The van der Waals surface area contributed by atoms with Crippen LogP contribution in [0, 0.1) is 6.92 Å². The summed E-state index contributed by atoms with van der Waals surface area (Å²) in [6, 6.07) is 18.6. The first-order valence-electron chi connectivity index (χ1n) is 10.2. The van der Waals surface area contributed by atoms with Crippen LogP contribution < -0.4 is 5.76 Å². The summed E-state index contributed by atoms with van der Waals surface area (Å²) in [5, 5.41) is 1.92. The van der Waals surface area contributed by atoms with Crippen LogP contribution in [0.1, 0.15) is 5.56 Å². The number of oxazole rings is 1. The fourth-order valence-corrected chi connectivity index (χ4v) is 5.55. The Bertz CT molecular complexity index is 1430. The number of nitrogens with zero attached hydrogens (tertiary/aromatic N) is 3. The number of hydrogen-bond donors (Lipinski definition) is 0. The lowest BCUT2D eigenvalue weighted by molar-refractivity contribution is 0.150. The minimum Gasteiger partial charge on any atom is -0.408 e. The monoisotopic (exact) mass is 437 g/mol. The normalized spacial score (nSPS) is 16.3. The highest BCUT2D eigenvalue weighted by Gasteiger charge is 2.29. The average Bonchev–Trinajstić information content (AvgIpc) is 3.08. The maximum atomic E-state index is 13.2. The van der Waals surface area contributed by atoms with E-state index in [1.165, 1.54) is 4.31 Å². The van der Waals surface area contributed by atoms with E-state index in [1.807, 2.05) is 49.4 Å². The van der Waals surface area contributed by atoms with E-state index in [4.69, 9.17) is 4.42 Å². The van der Waals surface area contributed by atoms with Crippen LogP contribution in [0.3, 0.4) is 0 Å². The molecule has 1 aliphatic rings. The third kappa shape index (κ3) is 3.67. The predicted octanol–water partition coefficient (Wildman–Crippen LogP) is 3.02. The Labute approximate surface area is 180 Å². The van der Waals surface area contributed by atoms with Crippen LogP contribution in [-0.4, -0.2) is 48.4 Å². The number of rotatable bonds is 4. The first kappa shape index (κ1) is 20.0. The molecule has 1 fully saturated rings. The van der Waals surface area contributed by atoms with Crippen molar-refractivity contribution in [1.82, 2.24) is 13.8 Å². The summed E-state index contributed by atoms with van der Waals surface area (Å²) in [7, 11) is -3.57. The van der Waals surface area contributed by atoms with Crippen molar-refractivity contribution < 1.29 is 12.8 Å². The molecule has 3 aromatic carbocycles. The molecule has 1 aliphatic heterocycles. The summed E-state index contributed by atoms with van der Waals surface area (Å²) in [6.07, 6.45) is 0. The molecule has 7 nitrogen and oxygen atoms in total. The van der Waals surface area contributed by atoms with Crippen molar-refractivity contribution in [2.45, 2.75) is 18.5 Å². The number of fused-ring (bicyclic) bond motifs is 2. The molecule has 0 atom stereocenters. The minimum absolute atomic E-state index is 0.312. The van der Waals surface area contributed by atoms with Crippen LogP contribution in [0.25, 0.3) is 21.9 Å². The third-order valence-electron chi connectivity index (χ3n) is 5.85. The molecule has 0 aliphatic carbocycles. The lowest BCUT2D eigenvalue weighted by Crippen LogP contribution is -2.49. The quantitative estimate of drug-likeness (QED) is 0.491. The Morgan fingerprint density at radius 3 is 2.42 bits per heavy atom. The molecule has 4 aromatic rings. The van der Waals surface area contributed by atoms with Crippen LogP contribution in [0.15, 0.2) is 74.8 Å². The van der Waals surface area contributed by atoms with Crippen molar-refractivity contribution >= 4 is 31.9 Å². The Morgan fingerprint density at radius 1 is 0.903 bits per heavy atom. The molecule has 160 valence electrons. The van der Waals surface area contributed by atoms with Gasteiger partial charge in [-0.05, 0) is 47.5 Å². The summed E-state index contributed by atoms with van der Waals surface area (Å²) in [5.74, 6) is -0.396. The van der Waals surface area contributed by atoms with Crippen molar-refractivity contribution in [3.05, 3.63) is 76.8 Å². The van der Waals surface area contributed by atoms with Gasteiger partial charge in [0.25, 0.3) is 0 Å². The van der Waals surface area contributed by atoms with Crippen LogP contribution in [-0.2, 0) is 16.7 Å². The zero-order valence-corrected chi connectivity index (χ0v) is 18.0. The van der Waals surface area contributed by atoms with Gasteiger partial charge in [0.2, 0.25) is 10.0 Å². The Balaban J connectivity index is 1.32. The first-order chi connectivity index (χ1) is 14.9. The summed E-state index contributed by atoms with van der Waals surface area (Å²) in [6.45, 7) is 4.17. The topological polar surface area (TPSA) is 75.8 Å². The van der Waals surface area contributed by atoms with Gasteiger partial charge in [-0.3, -0.25) is 9.47 Å².